The van der Waals surface area contributed by atoms with E-state index in [4.69, 9.17) is 0 Å². The molecular weight excluding hydrogens is 396 g/mol. The Hall–Kier alpha value is -2.78. The minimum atomic E-state index is -0.424. The van der Waals surface area contributed by atoms with Crippen molar-refractivity contribution in [1.29, 1.82) is 0 Å². The highest BCUT2D eigenvalue weighted by Crippen LogP contribution is 2.38. The highest BCUT2D eigenvalue weighted by atomic mass is 32.2. The second-order valence-corrected chi connectivity index (χ2v) is 8.25. The molecule has 1 amide bonds. The Balaban J connectivity index is 1.75. The number of carbonyl (C=O) groups excluding carboxylic acids is 1. The zero-order valence-electron chi connectivity index (χ0n) is 15.1. The number of nitrogens with one attached hydrogen (secondary N) is 1. The maximum absolute atomic E-state index is 11.6. The lowest BCUT2D eigenvalue weighted by atomic mass is 10.2. The largest absolute Gasteiger partial charge is 0.283 e. The van der Waals surface area contributed by atoms with Crippen molar-refractivity contribution in [3.8, 4) is 0 Å². The maximum Gasteiger partial charge on any atom is 0.283 e. The zero-order valence-corrected chi connectivity index (χ0v) is 16.8. The van der Waals surface area contributed by atoms with Gasteiger partial charge in [0, 0.05) is 18.1 Å². The summed E-state index contributed by atoms with van der Waals surface area (Å²) >= 11 is 2.76. The molecule has 2 aromatic carbocycles. The lowest BCUT2D eigenvalue weighted by Gasteiger charge is -2.02. The van der Waals surface area contributed by atoms with Crippen molar-refractivity contribution < 1.29 is 9.72 Å². The van der Waals surface area contributed by atoms with Gasteiger partial charge >= 0.3 is 0 Å². The molecule has 1 heterocycles. The molecule has 28 heavy (non-hydrogen) atoms. The van der Waals surface area contributed by atoms with E-state index in [1.54, 1.807) is 12.1 Å². The predicted molar refractivity (Wildman–Crippen MR) is 112 cm³/mol. The van der Waals surface area contributed by atoms with Crippen LogP contribution in [-0.2, 0) is 4.79 Å². The van der Waals surface area contributed by atoms with E-state index in [0.717, 1.165) is 27.4 Å². The molecule has 3 rings (SSSR count). The van der Waals surface area contributed by atoms with Crippen molar-refractivity contribution in [2.75, 3.05) is 0 Å². The summed E-state index contributed by atoms with van der Waals surface area (Å²) in [5, 5.41) is 15.4. The number of aromatic nitrogens is 1. The van der Waals surface area contributed by atoms with Crippen LogP contribution in [0.4, 0.5) is 5.69 Å². The van der Waals surface area contributed by atoms with Crippen molar-refractivity contribution >= 4 is 51.1 Å². The summed E-state index contributed by atoms with van der Waals surface area (Å²) in [6, 6.07) is 12.6. The lowest BCUT2D eigenvalue weighted by molar-refractivity contribution is -0.387. The van der Waals surface area contributed by atoms with Gasteiger partial charge in [-0.2, -0.15) is 5.10 Å². The summed E-state index contributed by atoms with van der Waals surface area (Å²) in [6.07, 6.45) is 3.54. The van der Waals surface area contributed by atoms with Crippen LogP contribution in [0.5, 0.6) is 0 Å². The van der Waals surface area contributed by atoms with Gasteiger partial charge in [0.25, 0.3) is 5.69 Å². The van der Waals surface area contributed by atoms with E-state index in [9.17, 15) is 14.9 Å². The van der Waals surface area contributed by atoms with Gasteiger partial charge in [0.05, 0.1) is 26.3 Å². The number of amides is 1. The number of benzene rings is 2. The summed E-state index contributed by atoms with van der Waals surface area (Å²) in [4.78, 5) is 27.6. The Morgan fingerprint density at radius 2 is 2.18 bits per heavy atom. The van der Waals surface area contributed by atoms with Gasteiger partial charge in [0.1, 0.15) is 0 Å². The molecule has 0 spiro atoms. The molecule has 0 atom stereocenters. The first kappa shape index (κ1) is 20.0. The van der Waals surface area contributed by atoms with Crippen LogP contribution in [0.1, 0.15) is 31.7 Å². The van der Waals surface area contributed by atoms with Crippen LogP contribution in [0.3, 0.4) is 0 Å². The third-order valence-corrected chi connectivity index (χ3v) is 5.97. The van der Waals surface area contributed by atoms with Crippen molar-refractivity contribution in [3.63, 3.8) is 0 Å². The van der Waals surface area contributed by atoms with Gasteiger partial charge < -0.3 is 0 Å². The number of nitro groups is 1. The number of nitrogens with zero attached hydrogens (tertiary/aromatic N) is 3. The SMILES string of the molecule is CCCCC(=O)N/N=C/c1ccc(Sc2nc3ccccc3s2)c([N+](=O)[O-])c1. The van der Waals surface area contributed by atoms with Crippen LogP contribution in [0, 0.1) is 10.1 Å². The van der Waals surface area contributed by atoms with Gasteiger partial charge in [-0.15, -0.1) is 11.3 Å². The second-order valence-electron chi connectivity index (χ2n) is 5.93. The van der Waals surface area contributed by atoms with Gasteiger partial charge in [-0.25, -0.2) is 10.4 Å². The number of unbranched alkanes of at least 4 members (excludes halogenated alkanes) is 1. The lowest BCUT2D eigenvalue weighted by Crippen LogP contribution is -2.16. The minimum Gasteiger partial charge on any atom is -0.273 e. The van der Waals surface area contributed by atoms with E-state index in [0.29, 0.717) is 16.9 Å². The molecular formula is C19H18N4O3S2. The third-order valence-electron chi connectivity index (χ3n) is 3.81. The monoisotopic (exact) mass is 414 g/mol. The Morgan fingerprint density at radius 1 is 1.36 bits per heavy atom. The second kappa shape index (κ2) is 9.43. The maximum atomic E-state index is 11.6. The smallest absolute Gasteiger partial charge is 0.273 e. The fourth-order valence-corrected chi connectivity index (χ4v) is 4.51. The van der Waals surface area contributed by atoms with Crippen LogP contribution in [0.15, 0.2) is 56.8 Å². The summed E-state index contributed by atoms with van der Waals surface area (Å²) in [5.74, 6) is -0.171. The molecule has 0 aliphatic carbocycles. The highest BCUT2D eigenvalue weighted by Gasteiger charge is 2.17. The van der Waals surface area contributed by atoms with Crippen molar-refractivity contribution in [2.45, 2.75) is 35.4 Å². The van der Waals surface area contributed by atoms with E-state index in [1.807, 2.05) is 31.2 Å². The summed E-state index contributed by atoms with van der Waals surface area (Å²) < 4.78 is 1.78. The number of fused-ring (bicyclic) bond motifs is 1. The van der Waals surface area contributed by atoms with Crippen molar-refractivity contribution in [3.05, 3.63) is 58.1 Å². The van der Waals surface area contributed by atoms with Crippen LogP contribution in [-0.4, -0.2) is 22.0 Å². The summed E-state index contributed by atoms with van der Waals surface area (Å²) in [6.45, 7) is 2.00. The summed E-state index contributed by atoms with van der Waals surface area (Å²) in [7, 11) is 0. The van der Waals surface area contributed by atoms with E-state index < -0.39 is 4.92 Å². The van der Waals surface area contributed by atoms with E-state index >= 15 is 0 Å². The van der Waals surface area contributed by atoms with Crippen LogP contribution < -0.4 is 5.43 Å². The first-order valence-electron chi connectivity index (χ1n) is 8.70. The van der Waals surface area contributed by atoms with E-state index in [-0.39, 0.29) is 11.6 Å². The first-order valence-corrected chi connectivity index (χ1v) is 10.3. The van der Waals surface area contributed by atoms with Crippen LogP contribution in [0.2, 0.25) is 0 Å². The molecule has 0 saturated carbocycles. The van der Waals surface area contributed by atoms with Gasteiger partial charge in [-0.3, -0.25) is 14.9 Å². The topological polar surface area (TPSA) is 97.5 Å². The fourth-order valence-electron chi connectivity index (χ4n) is 2.40. The number of thiazole rings is 1. The minimum absolute atomic E-state index is 0.0227. The molecule has 144 valence electrons. The van der Waals surface area contributed by atoms with Gasteiger partial charge in [-0.1, -0.05) is 43.3 Å². The molecule has 7 nitrogen and oxygen atoms in total. The average Bonchev–Trinajstić information content (AvgIpc) is 3.09. The molecule has 0 aliphatic heterocycles. The van der Waals surface area contributed by atoms with Crippen molar-refractivity contribution in [2.24, 2.45) is 5.10 Å². The number of hydrogen-bond acceptors (Lipinski definition) is 7. The molecule has 0 fully saturated rings. The molecule has 0 bridgehead atoms. The van der Waals surface area contributed by atoms with Crippen LogP contribution >= 0.6 is 23.1 Å². The molecule has 0 unspecified atom stereocenters. The molecule has 0 aliphatic rings. The first-order chi connectivity index (χ1) is 13.6. The molecule has 1 N–H and O–H groups in total. The number of rotatable bonds is 8. The number of hydrazone groups is 1. The van der Waals surface area contributed by atoms with Gasteiger partial charge in [0.15, 0.2) is 4.34 Å². The number of carbonyl (C=O) groups is 1. The van der Waals surface area contributed by atoms with Crippen LogP contribution in [0.25, 0.3) is 10.2 Å². The van der Waals surface area contributed by atoms with E-state index in [2.05, 4.69) is 15.5 Å². The standard InChI is InChI=1S/C19H18N4O3S2/c1-2-3-8-18(24)22-20-12-13-9-10-17(15(11-13)23(25)26)28-19-21-14-6-4-5-7-16(14)27-19/h4-7,9-12H,2-3,8H2,1H3,(H,22,24)/b20-12+. The Kier molecular flexibility index (Phi) is 6.72. The van der Waals surface area contributed by atoms with Crippen molar-refractivity contribution in [1.82, 2.24) is 10.4 Å². The van der Waals surface area contributed by atoms with Gasteiger partial charge in [0.2, 0.25) is 5.91 Å². The highest BCUT2D eigenvalue weighted by molar-refractivity contribution is 8.01. The Labute approximate surface area is 170 Å². The Morgan fingerprint density at radius 3 is 2.93 bits per heavy atom. The average molecular weight is 415 g/mol. The van der Waals surface area contributed by atoms with Gasteiger partial charge in [-0.05, 0) is 24.6 Å². The van der Waals surface area contributed by atoms with E-state index in [1.165, 1.54) is 35.4 Å². The molecule has 3 aromatic rings. The number of para-hydroxylation sites is 1. The number of hydrogen-bond donors (Lipinski definition) is 1. The molecule has 1 aromatic heterocycles. The fraction of sp³-hybridized carbons (Fsp3) is 0.211. The zero-order chi connectivity index (χ0) is 19.9. The molecule has 0 saturated heterocycles. The predicted octanol–water partition coefficient (Wildman–Crippen LogP) is 5.00. The number of nitro benzene ring substituents is 1. The quantitative estimate of drug-likeness (QED) is 0.318. The third kappa shape index (κ3) is 5.14. The molecule has 0 radical (unpaired) electrons. The normalized spacial score (nSPS) is 11.2. The molecule has 9 heteroatoms. The Bertz CT molecular complexity index is 1000. The summed E-state index contributed by atoms with van der Waals surface area (Å²) in [5.41, 5.74) is 3.82.